The van der Waals surface area contributed by atoms with E-state index in [1.54, 1.807) is 39.0 Å². The molecular formula is C18H29N2O6P. The first kappa shape index (κ1) is 23.5. The average Bonchev–Trinajstić information content (AvgIpc) is 2.66. The van der Waals surface area contributed by atoms with Gasteiger partial charge >= 0.3 is 7.60 Å². The Morgan fingerprint density at radius 3 is 2.41 bits per heavy atom. The van der Waals surface area contributed by atoms with E-state index < -0.39 is 19.4 Å². The lowest BCUT2D eigenvalue weighted by molar-refractivity contribution is 0.0943. The first-order chi connectivity index (χ1) is 12.9. The summed E-state index contributed by atoms with van der Waals surface area (Å²) in [4.78, 5) is 16.2. The molecule has 0 fully saturated rings. The third-order valence-corrected chi connectivity index (χ3v) is 6.36. The third-order valence-electron chi connectivity index (χ3n) is 3.84. The second-order valence-electron chi connectivity index (χ2n) is 5.74. The number of pyridine rings is 1. The van der Waals surface area contributed by atoms with E-state index in [0.29, 0.717) is 17.7 Å². The highest BCUT2D eigenvalue weighted by atomic mass is 31.2. The Morgan fingerprint density at radius 1 is 1.30 bits per heavy atom. The van der Waals surface area contributed by atoms with E-state index in [0.717, 1.165) is 0 Å². The van der Waals surface area contributed by atoms with Gasteiger partial charge in [-0.15, -0.1) is 0 Å². The molecule has 0 aliphatic carbocycles. The molecule has 1 heterocycles. The maximum atomic E-state index is 13.3. The average molecular weight is 400 g/mol. The van der Waals surface area contributed by atoms with Crippen LogP contribution in [0.2, 0.25) is 0 Å². The summed E-state index contributed by atoms with van der Waals surface area (Å²) >= 11 is 0. The summed E-state index contributed by atoms with van der Waals surface area (Å²) in [6, 6.07) is 3.13. The van der Waals surface area contributed by atoms with Crippen LogP contribution in [-0.2, 0) is 18.3 Å². The van der Waals surface area contributed by atoms with E-state index in [2.05, 4.69) is 10.3 Å². The molecule has 152 valence electrons. The second-order valence-corrected chi connectivity index (χ2v) is 8.00. The number of carbonyl (C=O) groups excluding carboxylic acids is 1. The van der Waals surface area contributed by atoms with Crippen molar-refractivity contribution in [2.24, 2.45) is 0 Å². The van der Waals surface area contributed by atoms with E-state index in [4.69, 9.17) is 13.8 Å². The Hall–Kier alpha value is -1.57. The number of nitrogens with one attached hydrogen (secondary N) is 1. The second kappa shape index (κ2) is 12.0. The topological polar surface area (TPSA) is 107 Å². The van der Waals surface area contributed by atoms with Crippen molar-refractivity contribution in [1.82, 2.24) is 10.3 Å². The van der Waals surface area contributed by atoms with Crippen molar-refractivity contribution in [3.8, 4) is 0 Å². The van der Waals surface area contributed by atoms with Gasteiger partial charge in [0.05, 0.1) is 25.9 Å². The fourth-order valence-electron chi connectivity index (χ4n) is 2.43. The van der Waals surface area contributed by atoms with Crippen molar-refractivity contribution in [1.29, 1.82) is 0 Å². The van der Waals surface area contributed by atoms with Crippen molar-refractivity contribution >= 4 is 13.5 Å². The molecule has 2 N–H and O–H groups in total. The Morgan fingerprint density at radius 2 is 1.89 bits per heavy atom. The minimum atomic E-state index is -3.68. The highest BCUT2D eigenvalue weighted by Crippen LogP contribution is 2.54. The van der Waals surface area contributed by atoms with Crippen LogP contribution >= 0.6 is 7.60 Å². The van der Waals surface area contributed by atoms with Crippen LogP contribution in [0.3, 0.4) is 0 Å². The molecule has 1 rings (SSSR count). The molecule has 0 aliphatic rings. The van der Waals surface area contributed by atoms with Crippen molar-refractivity contribution in [3.05, 3.63) is 41.7 Å². The number of aromatic nitrogens is 1. The lowest BCUT2D eigenvalue weighted by Crippen LogP contribution is -2.40. The van der Waals surface area contributed by atoms with E-state index in [-0.39, 0.29) is 25.7 Å². The number of rotatable bonds is 12. The highest BCUT2D eigenvalue weighted by molar-refractivity contribution is 7.54. The molecule has 2 atom stereocenters. The molecule has 1 amide bonds. The van der Waals surface area contributed by atoms with Gasteiger partial charge in [0, 0.05) is 31.6 Å². The number of hydrogen-bond donors (Lipinski definition) is 2. The summed E-state index contributed by atoms with van der Waals surface area (Å²) < 4.78 is 29.0. The molecule has 27 heavy (non-hydrogen) atoms. The molecule has 1 aromatic rings. The van der Waals surface area contributed by atoms with Crippen molar-refractivity contribution in [3.63, 3.8) is 0 Å². The summed E-state index contributed by atoms with van der Waals surface area (Å²) in [6.07, 6.45) is 3.56. The fraction of sp³-hybridized carbons (Fsp3) is 0.556. The molecule has 0 aromatic carbocycles. The van der Waals surface area contributed by atoms with Crippen LogP contribution in [0.4, 0.5) is 0 Å². The predicted octanol–water partition coefficient (Wildman–Crippen LogP) is 2.40. The van der Waals surface area contributed by atoms with Gasteiger partial charge in [-0.25, -0.2) is 0 Å². The number of methoxy groups -OCH3 is 1. The first-order valence-corrected chi connectivity index (χ1v) is 10.4. The Kier molecular flexibility index (Phi) is 10.4. The monoisotopic (exact) mass is 400 g/mol. The van der Waals surface area contributed by atoms with E-state index in [1.807, 2.05) is 0 Å². The van der Waals surface area contributed by atoms with Gasteiger partial charge in [-0.3, -0.25) is 14.3 Å². The zero-order valence-corrected chi connectivity index (χ0v) is 17.1. The van der Waals surface area contributed by atoms with Crippen LogP contribution in [0.15, 0.2) is 36.2 Å². The van der Waals surface area contributed by atoms with Crippen molar-refractivity contribution in [2.45, 2.75) is 32.5 Å². The number of nitrogens with zero attached hydrogens (tertiary/aromatic N) is 1. The molecule has 0 bridgehead atoms. The van der Waals surface area contributed by atoms with Gasteiger partial charge in [0.2, 0.25) is 0 Å². The minimum Gasteiger partial charge on any atom is -0.388 e. The van der Waals surface area contributed by atoms with Crippen LogP contribution in [0.1, 0.15) is 31.1 Å². The molecule has 9 heteroatoms. The number of aliphatic hydroxyl groups is 1. The molecule has 0 saturated carbocycles. The number of aliphatic hydroxyl groups excluding tert-OH is 1. The molecule has 8 nitrogen and oxygen atoms in total. The number of hydrogen-bond acceptors (Lipinski definition) is 7. The maximum Gasteiger partial charge on any atom is 0.338 e. The van der Waals surface area contributed by atoms with Gasteiger partial charge < -0.3 is 24.2 Å². The first-order valence-electron chi connectivity index (χ1n) is 8.80. The van der Waals surface area contributed by atoms with Gasteiger partial charge in [-0.1, -0.05) is 6.08 Å². The number of ether oxygens (including phenoxy) is 1. The van der Waals surface area contributed by atoms with E-state index in [9.17, 15) is 14.5 Å². The smallest absolute Gasteiger partial charge is 0.338 e. The third kappa shape index (κ3) is 7.16. The van der Waals surface area contributed by atoms with Gasteiger partial charge in [0.15, 0.2) is 0 Å². The quantitative estimate of drug-likeness (QED) is 0.410. The van der Waals surface area contributed by atoms with E-state index >= 15 is 0 Å². The van der Waals surface area contributed by atoms with Crippen molar-refractivity contribution < 1.29 is 28.3 Å². The normalized spacial score (nSPS) is 14.6. The van der Waals surface area contributed by atoms with Crippen LogP contribution in [0.25, 0.3) is 0 Å². The zero-order chi connectivity index (χ0) is 20.3. The van der Waals surface area contributed by atoms with Crippen LogP contribution in [0, 0.1) is 0 Å². The molecule has 0 saturated heterocycles. The van der Waals surface area contributed by atoms with Crippen LogP contribution < -0.4 is 5.32 Å². The summed E-state index contributed by atoms with van der Waals surface area (Å²) in [5.41, 5.74) is 0.00322. The summed E-state index contributed by atoms with van der Waals surface area (Å²) in [5.74, 6) is -0.368. The molecule has 0 aliphatic heterocycles. The van der Waals surface area contributed by atoms with Gasteiger partial charge in [-0.05, 0) is 38.5 Å². The predicted molar refractivity (Wildman–Crippen MR) is 103 cm³/mol. The summed E-state index contributed by atoms with van der Waals surface area (Å²) in [7, 11) is -2.14. The largest absolute Gasteiger partial charge is 0.388 e. The highest BCUT2D eigenvalue weighted by Gasteiger charge is 2.41. The maximum absolute atomic E-state index is 13.3. The molecular weight excluding hydrogens is 371 g/mol. The van der Waals surface area contributed by atoms with Gasteiger partial charge in [0.25, 0.3) is 5.91 Å². The Bertz CT molecular complexity index is 643. The van der Waals surface area contributed by atoms with Crippen LogP contribution in [0.5, 0.6) is 0 Å². The lowest BCUT2D eigenvalue weighted by atomic mass is 10.1. The minimum absolute atomic E-state index is 0.0856. The number of carbonyl (C=O) groups is 1. The van der Waals surface area contributed by atoms with Gasteiger partial charge in [0.1, 0.15) is 5.66 Å². The summed E-state index contributed by atoms with van der Waals surface area (Å²) in [5, 5.41) is 13.5. The zero-order valence-electron chi connectivity index (χ0n) is 16.3. The molecule has 1 aromatic heterocycles. The SMILES string of the molecule is CCOP(=O)(OCC)C(CNC(=O)c1ccncc1)C(O)C(C)=CCOC. The summed E-state index contributed by atoms with van der Waals surface area (Å²) in [6.45, 7) is 5.60. The number of amides is 1. The van der Waals surface area contributed by atoms with Crippen LogP contribution in [-0.4, -0.2) is 61.2 Å². The van der Waals surface area contributed by atoms with E-state index in [1.165, 1.54) is 19.5 Å². The Balaban J connectivity index is 3.05. The standard InChI is InChI=1S/C18H29N2O6P/c1-5-25-27(23,26-6-2)16(17(21)14(3)9-12-24-4)13-20-18(22)15-7-10-19-11-8-15/h7-11,16-17,21H,5-6,12-13H2,1-4H3,(H,20,22). The molecule has 0 radical (unpaired) electrons. The lowest BCUT2D eigenvalue weighted by Gasteiger charge is -2.30. The fourth-order valence-corrected chi connectivity index (χ4v) is 4.50. The Labute approximate surface area is 160 Å². The molecule has 2 unspecified atom stereocenters. The van der Waals surface area contributed by atoms with Crippen molar-refractivity contribution in [2.75, 3.05) is 33.5 Å². The molecule has 0 spiro atoms. The van der Waals surface area contributed by atoms with Gasteiger partial charge in [-0.2, -0.15) is 0 Å².